The second-order valence-corrected chi connectivity index (χ2v) is 4.73. The standard InChI is InChI=1S/C12H17I/c1-4-5-6-11-7-9(2)12(13)10(3)8-11/h7-8H,4-6H2,1-3H3. The van der Waals surface area contributed by atoms with Crippen LogP contribution in [0.3, 0.4) is 0 Å². The van der Waals surface area contributed by atoms with E-state index < -0.39 is 0 Å². The van der Waals surface area contributed by atoms with Gasteiger partial charge in [0.2, 0.25) is 0 Å². The van der Waals surface area contributed by atoms with Crippen LogP contribution in [0.2, 0.25) is 0 Å². The lowest BCUT2D eigenvalue weighted by Gasteiger charge is -2.07. The Kier molecular flexibility index (Phi) is 4.23. The molecule has 0 heterocycles. The molecule has 0 atom stereocenters. The van der Waals surface area contributed by atoms with E-state index in [0.29, 0.717) is 0 Å². The molecule has 1 heteroatoms. The van der Waals surface area contributed by atoms with Crippen molar-refractivity contribution in [1.82, 2.24) is 0 Å². The van der Waals surface area contributed by atoms with E-state index in [2.05, 4.69) is 55.5 Å². The fraction of sp³-hybridized carbons (Fsp3) is 0.500. The van der Waals surface area contributed by atoms with Crippen molar-refractivity contribution in [2.24, 2.45) is 0 Å². The molecule has 0 N–H and O–H groups in total. The molecule has 0 fully saturated rings. The summed E-state index contributed by atoms with van der Waals surface area (Å²) in [5, 5.41) is 0. The van der Waals surface area contributed by atoms with Crippen LogP contribution in [0.25, 0.3) is 0 Å². The maximum Gasteiger partial charge on any atom is 0.0188 e. The Morgan fingerprint density at radius 2 is 1.69 bits per heavy atom. The number of hydrogen-bond donors (Lipinski definition) is 0. The van der Waals surface area contributed by atoms with Gasteiger partial charge in [-0.05, 0) is 66.0 Å². The molecule has 0 saturated carbocycles. The van der Waals surface area contributed by atoms with Gasteiger partial charge in [0.05, 0.1) is 0 Å². The van der Waals surface area contributed by atoms with Gasteiger partial charge in [0.1, 0.15) is 0 Å². The lowest BCUT2D eigenvalue weighted by atomic mass is 10.0. The molecular formula is C12H17I. The summed E-state index contributed by atoms with van der Waals surface area (Å²) in [6.07, 6.45) is 3.82. The zero-order valence-electron chi connectivity index (χ0n) is 8.65. The summed E-state index contributed by atoms with van der Waals surface area (Å²) in [6, 6.07) is 4.65. The van der Waals surface area contributed by atoms with Crippen molar-refractivity contribution in [3.8, 4) is 0 Å². The Labute approximate surface area is 94.9 Å². The van der Waals surface area contributed by atoms with E-state index in [-0.39, 0.29) is 0 Å². The van der Waals surface area contributed by atoms with E-state index in [1.165, 1.54) is 39.5 Å². The van der Waals surface area contributed by atoms with Gasteiger partial charge < -0.3 is 0 Å². The molecule has 0 bridgehead atoms. The van der Waals surface area contributed by atoms with E-state index in [9.17, 15) is 0 Å². The van der Waals surface area contributed by atoms with Crippen LogP contribution >= 0.6 is 22.6 Å². The molecule has 0 amide bonds. The molecule has 0 radical (unpaired) electrons. The summed E-state index contributed by atoms with van der Waals surface area (Å²) in [4.78, 5) is 0. The first-order chi connectivity index (χ1) is 6.15. The van der Waals surface area contributed by atoms with Gasteiger partial charge in [0.25, 0.3) is 0 Å². The smallest absolute Gasteiger partial charge is 0.0188 e. The topological polar surface area (TPSA) is 0 Å². The first kappa shape index (κ1) is 11.0. The number of aryl methyl sites for hydroxylation is 3. The van der Waals surface area contributed by atoms with Crippen LogP contribution in [-0.4, -0.2) is 0 Å². The zero-order valence-corrected chi connectivity index (χ0v) is 10.8. The predicted octanol–water partition coefficient (Wildman–Crippen LogP) is 4.25. The van der Waals surface area contributed by atoms with E-state index in [1.54, 1.807) is 0 Å². The van der Waals surface area contributed by atoms with Crippen LogP contribution in [-0.2, 0) is 6.42 Å². The average Bonchev–Trinajstić information content (AvgIpc) is 2.10. The SMILES string of the molecule is CCCCc1cc(C)c(I)c(C)c1. The third-order valence-corrected chi connectivity index (χ3v) is 4.02. The Morgan fingerprint density at radius 3 is 2.15 bits per heavy atom. The maximum absolute atomic E-state index is 2.42. The second kappa shape index (κ2) is 4.99. The highest BCUT2D eigenvalue weighted by Gasteiger charge is 2.01. The normalized spacial score (nSPS) is 10.5. The molecule has 0 aliphatic carbocycles. The molecule has 0 aliphatic heterocycles. The van der Waals surface area contributed by atoms with Crippen LogP contribution in [0.4, 0.5) is 0 Å². The fourth-order valence-electron chi connectivity index (χ4n) is 1.56. The molecule has 0 spiro atoms. The highest BCUT2D eigenvalue weighted by Crippen LogP contribution is 2.19. The number of unbranched alkanes of at least 4 members (excludes halogenated alkanes) is 1. The van der Waals surface area contributed by atoms with Gasteiger partial charge in [-0.1, -0.05) is 25.5 Å². The van der Waals surface area contributed by atoms with Gasteiger partial charge >= 0.3 is 0 Å². The maximum atomic E-state index is 2.42. The zero-order chi connectivity index (χ0) is 9.84. The molecule has 0 aliphatic rings. The quantitative estimate of drug-likeness (QED) is 0.729. The molecule has 0 nitrogen and oxygen atoms in total. The third-order valence-electron chi connectivity index (χ3n) is 2.32. The van der Waals surface area contributed by atoms with Gasteiger partial charge in [-0.15, -0.1) is 0 Å². The highest BCUT2D eigenvalue weighted by atomic mass is 127. The van der Waals surface area contributed by atoms with Gasteiger partial charge in [-0.25, -0.2) is 0 Å². The first-order valence-electron chi connectivity index (χ1n) is 4.90. The Bertz CT molecular complexity index is 266. The Hall–Kier alpha value is -0.0500. The fourth-order valence-corrected chi connectivity index (χ4v) is 1.87. The summed E-state index contributed by atoms with van der Waals surface area (Å²) in [5.74, 6) is 0. The molecule has 1 aromatic carbocycles. The second-order valence-electron chi connectivity index (χ2n) is 3.65. The van der Waals surface area contributed by atoms with Crippen LogP contribution in [0.15, 0.2) is 12.1 Å². The Balaban J connectivity index is 2.86. The number of benzene rings is 1. The minimum Gasteiger partial charge on any atom is -0.0654 e. The molecule has 1 aromatic rings. The van der Waals surface area contributed by atoms with Crippen LogP contribution in [0.1, 0.15) is 36.5 Å². The van der Waals surface area contributed by atoms with E-state index >= 15 is 0 Å². The minimum absolute atomic E-state index is 1.23. The van der Waals surface area contributed by atoms with Crippen LogP contribution < -0.4 is 0 Å². The van der Waals surface area contributed by atoms with Crippen molar-refractivity contribution >= 4 is 22.6 Å². The highest BCUT2D eigenvalue weighted by molar-refractivity contribution is 14.1. The van der Waals surface area contributed by atoms with Crippen molar-refractivity contribution < 1.29 is 0 Å². The van der Waals surface area contributed by atoms with Crippen LogP contribution in [0.5, 0.6) is 0 Å². The summed E-state index contributed by atoms with van der Waals surface area (Å²) < 4.78 is 1.41. The lowest BCUT2D eigenvalue weighted by molar-refractivity contribution is 0.793. The monoisotopic (exact) mass is 288 g/mol. The number of halogens is 1. The van der Waals surface area contributed by atoms with Crippen molar-refractivity contribution in [1.29, 1.82) is 0 Å². The first-order valence-corrected chi connectivity index (χ1v) is 5.98. The van der Waals surface area contributed by atoms with Crippen molar-refractivity contribution in [3.63, 3.8) is 0 Å². The summed E-state index contributed by atoms with van der Waals surface area (Å²) in [5.41, 5.74) is 4.34. The van der Waals surface area contributed by atoms with E-state index in [0.717, 1.165) is 0 Å². The third kappa shape index (κ3) is 2.97. The number of hydrogen-bond acceptors (Lipinski definition) is 0. The number of rotatable bonds is 3. The molecule has 13 heavy (non-hydrogen) atoms. The lowest BCUT2D eigenvalue weighted by Crippen LogP contribution is -1.91. The molecule has 1 rings (SSSR count). The van der Waals surface area contributed by atoms with E-state index in [4.69, 9.17) is 0 Å². The summed E-state index contributed by atoms with van der Waals surface area (Å²) in [7, 11) is 0. The molecule has 0 aromatic heterocycles. The minimum atomic E-state index is 1.23. The van der Waals surface area contributed by atoms with Gasteiger partial charge in [0.15, 0.2) is 0 Å². The van der Waals surface area contributed by atoms with E-state index in [1.807, 2.05) is 0 Å². The molecule has 0 unspecified atom stereocenters. The molecule has 72 valence electrons. The van der Waals surface area contributed by atoms with Gasteiger partial charge in [-0.2, -0.15) is 0 Å². The van der Waals surface area contributed by atoms with Gasteiger partial charge in [0, 0.05) is 3.57 Å². The summed E-state index contributed by atoms with van der Waals surface area (Å²) in [6.45, 7) is 6.64. The Morgan fingerprint density at radius 1 is 1.15 bits per heavy atom. The summed E-state index contributed by atoms with van der Waals surface area (Å²) >= 11 is 2.42. The average molecular weight is 288 g/mol. The van der Waals surface area contributed by atoms with Crippen LogP contribution in [0, 0.1) is 17.4 Å². The van der Waals surface area contributed by atoms with Crippen molar-refractivity contribution in [3.05, 3.63) is 32.4 Å². The molecular weight excluding hydrogens is 271 g/mol. The van der Waals surface area contributed by atoms with Gasteiger partial charge in [-0.3, -0.25) is 0 Å². The largest absolute Gasteiger partial charge is 0.0654 e. The molecule has 0 saturated heterocycles. The predicted molar refractivity (Wildman–Crippen MR) is 67.2 cm³/mol. The van der Waals surface area contributed by atoms with Crippen molar-refractivity contribution in [2.75, 3.05) is 0 Å². The van der Waals surface area contributed by atoms with Crippen molar-refractivity contribution in [2.45, 2.75) is 40.0 Å².